The van der Waals surface area contributed by atoms with Crippen LogP contribution in [0.2, 0.25) is 0 Å². The summed E-state index contributed by atoms with van der Waals surface area (Å²) >= 11 is 0. The molecule has 1 aromatic rings. The van der Waals surface area contributed by atoms with Gasteiger partial charge in [-0.05, 0) is 31.7 Å². The largest absolute Gasteiger partial charge is 0.366 e. The molecule has 0 saturated heterocycles. The van der Waals surface area contributed by atoms with Crippen LogP contribution in [-0.4, -0.2) is 22.9 Å². The molecule has 7 heteroatoms. The average molecular weight is 265 g/mol. The van der Waals surface area contributed by atoms with Gasteiger partial charge in [-0.2, -0.15) is 0 Å². The average Bonchev–Trinajstić information content (AvgIpc) is 3.19. The van der Waals surface area contributed by atoms with Crippen molar-refractivity contribution in [2.75, 3.05) is 18.0 Å². The Morgan fingerprint density at radius 3 is 2.42 bits per heavy atom. The van der Waals surface area contributed by atoms with Gasteiger partial charge in [0.1, 0.15) is 5.69 Å². The predicted octanol–water partition coefficient (Wildman–Crippen LogP) is 2.74. The molecule has 1 aliphatic rings. The summed E-state index contributed by atoms with van der Waals surface area (Å²) in [5.74, 6) is 0.592. The first-order valence-corrected chi connectivity index (χ1v) is 6.20. The predicted molar refractivity (Wildman–Crippen MR) is 70.4 cm³/mol. The van der Waals surface area contributed by atoms with Gasteiger partial charge in [0.15, 0.2) is 0 Å². The fourth-order valence-electron chi connectivity index (χ4n) is 2.05. The maximum Gasteiger partial charge on any atom is 0.299 e. The molecule has 0 N–H and O–H groups in total. The molecule has 1 aliphatic carbocycles. The number of hydrogen-bond acceptors (Lipinski definition) is 5. The zero-order valence-electron chi connectivity index (χ0n) is 10.6. The minimum absolute atomic E-state index is 0.197. The summed E-state index contributed by atoms with van der Waals surface area (Å²) in [7, 11) is 0. The molecule has 102 valence electrons. The Hall–Kier alpha value is -2.18. The van der Waals surface area contributed by atoms with E-state index in [1.54, 1.807) is 0 Å². The van der Waals surface area contributed by atoms with Crippen molar-refractivity contribution in [1.82, 2.24) is 0 Å². The van der Waals surface area contributed by atoms with E-state index in [9.17, 15) is 20.2 Å². The van der Waals surface area contributed by atoms with Crippen molar-refractivity contribution in [2.24, 2.45) is 5.92 Å². The molecular weight excluding hydrogens is 250 g/mol. The molecule has 0 unspecified atom stereocenters. The van der Waals surface area contributed by atoms with Gasteiger partial charge in [0.2, 0.25) is 0 Å². The monoisotopic (exact) mass is 265 g/mol. The first-order chi connectivity index (χ1) is 9.02. The van der Waals surface area contributed by atoms with E-state index in [1.165, 1.54) is 12.1 Å². The van der Waals surface area contributed by atoms with Crippen LogP contribution in [-0.2, 0) is 0 Å². The number of nitro benzene ring substituents is 2. The zero-order valence-corrected chi connectivity index (χ0v) is 10.6. The molecule has 1 saturated carbocycles. The zero-order chi connectivity index (χ0) is 14.0. The van der Waals surface area contributed by atoms with Crippen LogP contribution >= 0.6 is 0 Å². The Bertz CT molecular complexity index is 514. The molecule has 0 radical (unpaired) electrons. The smallest absolute Gasteiger partial charge is 0.299 e. The Morgan fingerprint density at radius 1 is 1.26 bits per heavy atom. The van der Waals surface area contributed by atoms with Crippen LogP contribution in [0.3, 0.4) is 0 Å². The van der Waals surface area contributed by atoms with Crippen LogP contribution in [0.1, 0.15) is 19.8 Å². The lowest BCUT2D eigenvalue weighted by molar-refractivity contribution is -0.393. The minimum Gasteiger partial charge on any atom is -0.366 e. The van der Waals surface area contributed by atoms with Gasteiger partial charge < -0.3 is 4.90 Å². The number of rotatable bonds is 6. The molecule has 2 rings (SSSR count). The van der Waals surface area contributed by atoms with Crippen molar-refractivity contribution in [1.29, 1.82) is 0 Å². The van der Waals surface area contributed by atoms with Crippen molar-refractivity contribution >= 4 is 17.1 Å². The van der Waals surface area contributed by atoms with Gasteiger partial charge in [-0.3, -0.25) is 20.2 Å². The van der Waals surface area contributed by atoms with Crippen LogP contribution in [0.25, 0.3) is 0 Å². The van der Waals surface area contributed by atoms with Crippen LogP contribution < -0.4 is 4.90 Å². The van der Waals surface area contributed by atoms with E-state index in [4.69, 9.17) is 0 Å². The third-order valence-corrected chi connectivity index (χ3v) is 3.26. The molecule has 1 fully saturated rings. The van der Waals surface area contributed by atoms with Crippen LogP contribution in [0.15, 0.2) is 18.2 Å². The maximum atomic E-state index is 11.1. The van der Waals surface area contributed by atoms with Gasteiger partial charge in [0.25, 0.3) is 11.4 Å². The highest BCUT2D eigenvalue weighted by Gasteiger charge is 2.28. The summed E-state index contributed by atoms with van der Waals surface area (Å²) in [5, 5.41) is 21.8. The first-order valence-electron chi connectivity index (χ1n) is 6.20. The van der Waals surface area contributed by atoms with E-state index in [0.717, 1.165) is 25.5 Å². The van der Waals surface area contributed by atoms with E-state index in [1.807, 2.05) is 11.8 Å². The SMILES string of the molecule is CCN(CC1CC1)c1ccc([N+](=O)[O-])cc1[N+](=O)[O-]. The van der Waals surface area contributed by atoms with E-state index in [0.29, 0.717) is 18.2 Å². The second-order valence-corrected chi connectivity index (χ2v) is 4.67. The van der Waals surface area contributed by atoms with Gasteiger partial charge in [-0.1, -0.05) is 0 Å². The molecular formula is C12H15N3O4. The molecule has 0 atom stereocenters. The Balaban J connectivity index is 2.36. The molecule has 0 spiro atoms. The van der Waals surface area contributed by atoms with E-state index < -0.39 is 9.85 Å². The second kappa shape index (κ2) is 5.21. The fourth-order valence-corrected chi connectivity index (χ4v) is 2.05. The standard InChI is InChI=1S/C12H15N3O4/c1-2-13(8-9-3-4-9)11-6-5-10(14(16)17)7-12(11)15(18)19/h5-7,9H,2-4,8H2,1H3. The van der Waals surface area contributed by atoms with Gasteiger partial charge >= 0.3 is 0 Å². The van der Waals surface area contributed by atoms with Crippen LogP contribution in [0.5, 0.6) is 0 Å². The molecule has 0 aliphatic heterocycles. The van der Waals surface area contributed by atoms with Crippen molar-refractivity contribution in [2.45, 2.75) is 19.8 Å². The molecule has 1 aromatic carbocycles. The Morgan fingerprint density at radius 2 is 1.95 bits per heavy atom. The number of nitrogens with zero attached hydrogens (tertiary/aromatic N) is 3. The first kappa shape index (κ1) is 13.3. The van der Waals surface area contributed by atoms with Gasteiger partial charge in [0.05, 0.1) is 15.9 Å². The Kier molecular flexibility index (Phi) is 3.64. The number of benzene rings is 1. The molecule has 0 heterocycles. The topological polar surface area (TPSA) is 89.5 Å². The number of anilines is 1. The summed E-state index contributed by atoms with van der Waals surface area (Å²) < 4.78 is 0. The highest BCUT2D eigenvalue weighted by molar-refractivity contribution is 5.66. The highest BCUT2D eigenvalue weighted by atomic mass is 16.6. The lowest BCUT2D eigenvalue weighted by Crippen LogP contribution is -2.26. The lowest BCUT2D eigenvalue weighted by Gasteiger charge is -2.22. The summed E-state index contributed by atoms with van der Waals surface area (Å²) in [6.07, 6.45) is 2.30. The molecule has 19 heavy (non-hydrogen) atoms. The number of nitro groups is 2. The third-order valence-electron chi connectivity index (χ3n) is 3.26. The van der Waals surface area contributed by atoms with Crippen LogP contribution in [0.4, 0.5) is 17.1 Å². The summed E-state index contributed by atoms with van der Waals surface area (Å²) in [5.41, 5.74) is 0.0135. The second-order valence-electron chi connectivity index (χ2n) is 4.67. The summed E-state index contributed by atoms with van der Waals surface area (Å²) in [6.45, 7) is 3.35. The Labute approximate surface area is 110 Å². The maximum absolute atomic E-state index is 11.1. The van der Waals surface area contributed by atoms with Crippen molar-refractivity contribution < 1.29 is 9.85 Å². The van der Waals surface area contributed by atoms with Gasteiger partial charge in [-0.25, -0.2) is 0 Å². The van der Waals surface area contributed by atoms with E-state index in [2.05, 4.69) is 0 Å². The molecule has 0 bridgehead atoms. The lowest BCUT2D eigenvalue weighted by atomic mass is 10.2. The van der Waals surface area contributed by atoms with Crippen molar-refractivity contribution in [3.63, 3.8) is 0 Å². The third kappa shape index (κ3) is 2.98. The molecule has 0 aromatic heterocycles. The van der Waals surface area contributed by atoms with Crippen molar-refractivity contribution in [3.05, 3.63) is 38.4 Å². The quantitative estimate of drug-likeness (QED) is 0.582. The fraction of sp³-hybridized carbons (Fsp3) is 0.500. The number of hydrogen-bond donors (Lipinski definition) is 0. The minimum atomic E-state index is -0.617. The molecule has 7 nitrogen and oxygen atoms in total. The van der Waals surface area contributed by atoms with E-state index in [-0.39, 0.29) is 11.4 Å². The summed E-state index contributed by atoms with van der Waals surface area (Å²) in [4.78, 5) is 22.5. The van der Waals surface area contributed by atoms with E-state index >= 15 is 0 Å². The molecule has 0 amide bonds. The van der Waals surface area contributed by atoms with Crippen LogP contribution in [0, 0.1) is 26.1 Å². The number of non-ortho nitro benzene ring substituents is 1. The van der Waals surface area contributed by atoms with Crippen molar-refractivity contribution in [3.8, 4) is 0 Å². The summed E-state index contributed by atoms with van der Waals surface area (Å²) in [6, 6.07) is 3.82. The normalized spacial score (nSPS) is 14.2. The van der Waals surface area contributed by atoms with Gasteiger partial charge in [0, 0.05) is 19.2 Å². The van der Waals surface area contributed by atoms with Gasteiger partial charge in [-0.15, -0.1) is 0 Å². The highest BCUT2D eigenvalue weighted by Crippen LogP contribution is 2.36.